The molecule has 0 bridgehead atoms. The number of hydrogen-bond acceptors (Lipinski definition) is 6. The molecule has 1 fully saturated rings. The van der Waals surface area contributed by atoms with Crippen molar-refractivity contribution < 1.29 is 18.1 Å². The molecule has 0 aromatic heterocycles. The van der Waals surface area contributed by atoms with Gasteiger partial charge in [-0.05, 0) is 19.1 Å². The lowest BCUT2D eigenvalue weighted by Gasteiger charge is -2.05. The van der Waals surface area contributed by atoms with Gasteiger partial charge < -0.3 is 9.66 Å². The maximum Gasteiger partial charge on any atom is 0.124 e. The standard InChI is InChI=1S/C7H8O3S.C5H8N2O/c1-6-2-4-7(5-3-6)11(8,9)10;6-2-4-1-5(8)3-7-4/h2-5H,1H3,(H,8,9,10);4-5,7-8H,1,3H2/p-1/t;4-,5+/m.0/s1. The van der Waals surface area contributed by atoms with Gasteiger partial charge in [-0.15, -0.1) is 0 Å². The highest BCUT2D eigenvalue weighted by atomic mass is 32.2. The highest BCUT2D eigenvalue weighted by molar-refractivity contribution is 7.85. The predicted octanol–water partition coefficient (Wildman–Crippen LogP) is 0.132. The molecule has 2 rings (SSSR count). The minimum Gasteiger partial charge on any atom is -0.744 e. The van der Waals surface area contributed by atoms with Crippen molar-refractivity contribution in [2.24, 2.45) is 0 Å². The molecular weight excluding hydrogens is 268 g/mol. The SMILES string of the molecule is Cc1ccc(S(=O)(=O)[O-])cc1.N#C[C@@H]1C[C@@H](O)CN1. The van der Waals surface area contributed by atoms with E-state index < -0.39 is 10.1 Å². The molecule has 1 aliphatic rings. The first-order valence-electron chi connectivity index (χ1n) is 5.66. The Balaban J connectivity index is 0.000000200. The molecule has 1 saturated heterocycles. The van der Waals surface area contributed by atoms with Crippen LogP contribution in [0.4, 0.5) is 0 Å². The summed E-state index contributed by atoms with van der Waals surface area (Å²) < 4.78 is 31.2. The van der Waals surface area contributed by atoms with Gasteiger partial charge >= 0.3 is 0 Å². The number of hydrogen-bond donors (Lipinski definition) is 2. The van der Waals surface area contributed by atoms with Gasteiger partial charge in [0, 0.05) is 13.0 Å². The highest BCUT2D eigenvalue weighted by Crippen LogP contribution is 2.08. The van der Waals surface area contributed by atoms with Gasteiger partial charge in [0.15, 0.2) is 0 Å². The van der Waals surface area contributed by atoms with Gasteiger partial charge in [-0.25, -0.2) is 8.42 Å². The van der Waals surface area contributed by atoms with Gasteiger partial charge in [0.2, 0.25) is 0 Å². The molecule has 19 heavy (non-hydrogen) atoms. The van der Waals surface area contributed by atoms with Crippen molar-refractivity contribution in [3.8, 4) is 6.07 Å². The minimum atomic E-state index is -4.27. The van der Waals surface area contributed by atoms with Crippen molar-refractivity contribution in [1.29, 1.82) is 5.26 Å². The molecule has 1 aromatic rings. The topological polar surface area (TPSA) is 113 Å². The predicted molar refractivity (Wildman–Crippen MR) is 67.2 cm³/mol. The normalized spacial score (nSPS) is 22.2. The van der Waals surface area contributed by atoms with Crippen LogP contribution in [0.5, 0.6) is 0 Å². The molecule has 0 spiro atoms. The van der Waals surface area contributed by atoms with Gasteiger partial charge in [0.05, 0.1) is 23.1 Å². The first-order chi connectivity index (χ1) is 8.82. The minimum absolute atomic E-state index is 0.120. The third-order valence-electron chi connectivity index (χ3n) is 2.57. The highest BCUT2D eigenvalue weighted by Gasteiger charge is 2.20. The molecule has 0 radical (unpaired) electrons. The summed E-state index contributed by atoms with van der Waals surface area (Å²) in [6, 6.07) is 7.69. The third kappa shape index (κ3) is 5.36. The zero-order valence-corrected chi connectivity index (χ0v) is 11.2. The lowest BCUT2D eigenvalue weighted by molar-refractivity contribution is 0.195. The summed E-state index contributed by atoms with van der Waals surface area (Å²) in [6.45, 7) is 2.39. The Morgan fingerprint density at radius 1 is 1.42 bits per heavy atom. The average molecular weight is 283 g/mol. The maximum atomic E-state index is 10.4. The van der Waals surface area contributed by atoms with Crippen LogP contribution in [0.15, 0.2) is 29.2 Å². The zero-order valence-electron chi connectivity index (χ0n) is 10.4. The van der Waals surface area contributed by atoms with Crippen LogP contribution in [0.1, 0.15) is 12.0 Å². The molecule has 7 heteroatoms. The molecule has 0 saturated carbocycles. The Morgan fingerprint density at radius 2 is 2.00 bits per heavy atom. The fraction of sp³-hybridized carbons (Fsp3) is 0.417. The van der Waals surface area contributed by atoms with E-state index in [1.807, 2.05) is 13.0 Å². The van der Waals surface area contributed by atoms with Crippen LogP contribution in [0, 0.1) is 18.3 Å². The Kier molecular flexibility index (Phi) is 5.44. The van der Waals surface area contributed by atoms with Crippen molar-refractivity contribution in [3.05, 3.63) is 29.8 Å². The number of benzene rings is 1. The van der Waals surface area contributed by atoms with E-state index in [4.69, 9.17) is 10.4 Å². The van der Waals surface area contributed by atoms with Gasteiger partial charge in [-0.1, -0.05) is 17.7 Å². The number of aliphatic hydroxyl groups excluding tert-OH is 1. The van der Waals surface area contributed by atoms with Gasteiger partial charge in [0.1, 0.15) is 10.1 Å². The smallest absolute Gasteiger partial charge is 0.124 e. The van der Waals surface area contributed by atoms with Crippen molar-refractivity contribution in [3.63, 3.8) is 0 Å². The van der Waals surface area contributed by atoms with Gasteiger partial charge in [-0.3, -0.25) is 5.32 Å². The number of rotatable bonds is 1. The summed E-state index contributed by atoms with van der Waals surface area (Å²) in [5.41, 5.74) is 0.928. The number of nitriles is 1. The molecule has 104 valence electrons. The van der Waals surface area contributed by atoms with Crippen LogP contribution < -0.4 is 5.32 Å². The van der Waals surface area contributed by atoms with Crippen LogP contribution in [0.3, 0.4) is 0 Å². The van der Waals surface area contributed by atoms with Crippen molar-refractivity contribution in [2.75, 3.05) is 6.54 Å². The Hall–Kier alpha value is -1.46. The van der Waals surface area contributed by atoms with E-state index in [2.05, 4.69) is 5.32 Å². The van der Waals surface area contributed by atoms with E-state index in [1.165, 1.54) is 12.1 Å². The zero-order chi connectivity index (χ0) is 14.5. The Morgan fingerprint density at radius 3 is 2.32 bits per heavy atom. The maximum absolute atomic E-state index is 10.4. The summed E-state index contributed by atoms with van der Waals surface area (Å²) in [7, 11) is -4.27. The van der Waals surface area contributed by atoms with E-state index in [1.54, 1.807) is 12.1 Å². The molecule has 0 aliphatic carbocycles. The molecule has 1 aliphatic heterocycles. The Bertz CT molecular complexity index is 548. The fourth-order valence-corrected chi connectivity index (χ4v) is 1.99. The van der Waals surface area contributed by atoms with E-state index in [-0.39, 0.29) is 17.0 Å². The second-order valence-corrected chi connectivity index (χ2v) is 5.63. The molecule has 0 amide bonds. The summed E-state index contributed by atoms with van der Waals surface area (Å²) in [5.74, 6) is 0. The fourth-order valence-electron chi connectivity index (χ4n) is 1.52. The Labute approximate surface area is 112 Å². The second kappa shape index (κ2) is 6.63. The number of aryl methyl sites for hydroxylation is 1. The second-order valence-electron chi connectivity index (χ2n) is 4.25. The monoisotopic (exact) mass is 283 g/mol. The molecule has 1 heterocycles. The largest absolute Gasteiger partial charge is 0.744 e. The molecule has 2 atom stereocenters. The number of nitrogens with one attached hydrogen (secondary N) is 1. The van der Waals surface area contributed by atoms with E-state index in [9.17, 15) is 13.0 Å². The van der Waals surface area contributed by atoms with E-state index in [0.29, 0.717) is 13.0 Å². The first kappa shape index (κ1) is 15.6. The summed E-state index contributed by atoms with van der Waals surface area (Å²) in [6.07, 6.45) is 0.274. The number of aliphatic hydroxyl groups is 1. The van der Waals surface area contributed by atoms with Crippen molar-refractivity contribution >= 4 is 10.1 Å². The lowest BCUT2D eigenvalue weighted by atomic mass is 10.2. The number of nitrogens with zero attached hydrogens (tertiary/aromatic N) is 1. The molecule has 2 N–H and O–H groups in total. The first-order valence-corrected chi connectivity index (χ1v) is 7.07. The van der Waals surface area contributed by atoms with Crippen molar-refractivity contribution in [1.82, 2.24) is 5.32 Å². The third-order valence-corrected chi connectivity index (χ3v) is 3.42. The summed E-state index contributed by atoms with van der Waals surface area (Å²) in [5, 5.41) is 19.9. The number of β-amino-alcohol motifs (C(OH)–C–C–N with tert-alkyl or cyclic N) is 1. The molecule has 6 nitrogen and oxygen atoms in total. The van der Waals surface area contributed by atoms with Gasteiger partial charge in [0.25, 0.3) is 0 Å². The quantitative estimate of drug-likeness (QED) is 0.708. The summed E-state index contributed by atoms with van der Waals surface area (Å²) in [4.78, 5) is -0.178. The molecule has 0 unspecified atom stereocenters. The van der Waals surface area contributed by atoms with Crippen LogP contribution in [-0.2, 0) is 10.1 Å². The van der Waals surface area contributed by atoms with E-state index >= 15 is 0 Å². The van der Waals surface area contributed by atoms with Crippen LogP contribution in [0.2, 0.25) is 0 Å². The molecular formula is C12H15N2O4S-. The summed E-state index contributed by atoms with van der Waals surface area (Å²) >= 11 is 0. The average Bonchev–Trinajstić information content (AvgIpc) is 2.75. The van der Waals surface area contributed by atoms with Crippen LogP contribution >= 0.6 is 0 Å². The van der Waals surface area contributed by atoms with Crippen LogP contribution in [-0.4, -0.2) is 36.8 Å². The lowest BCUT2D eigenvalue weighted by Crippen LogP contribution is -2.19. The van der Waals surface area contributed by atoms with Crippen LogP contribution in [0.25, 0.3) is 0 Å². The van der Waals surface area contributed by atoms with Gasteiger partial charge in [-0.2, -0.15) is 5.26 Å². The van der Waals surface area contributed by atoms with Crippen molar-refractivity contribution in [2.45, 2.75) is 30.4 Å². The van der Waals surface area contributed by atoms with E-state index in [0.717, 1.165) is 5.56 Å². The molecule has 1 aromatic carbocycles.